The van der Waals surface area contributed by atoms with Crippen LogP contribution in [0.15, 0.2) is 22.5 Å². The Morgan fingerprint density at radius 3 is 2.88 bits per heavy atom. The normalized spacial score (nSPS) is 25.5. The first-order chi connectivity index (χ1) is 12.2. The average molecular weight is 365 g/mol. The third kappa shape index (κ3) is 5.69. The van der Waals surface area contributed by atoms with E-state index in [1.807, 2.05) is 0 Å². The van der Waals surface area contributed by atoms with Gasteiger partial charge in [0.1, 0.15) is 0 Å². The summed E-state index contributed by atoms with van der Waals surface area (Å²) in [4.78, 5) is 8.56. The number of hydrogen-bond donors (Lipinski definition) is 2. The quantitative estimate of drug-likeness (QED) is 0.479. The smallest absolute Gasteiger partial charge is 0.188 e. The summed E-state index contributed by atoms with van der Waals surface area (Å²) in [7, 11) is 0. The molecule has 0 aromatic carbocycles. The molecule has 0 radical (unpaired) electrons. The van der Waals surface area contributed by atoms with Crippen molar-refractivity contribution >= 4 is 17.3 Å². The number of nitrogens with zero attached hydrogens (tertiary/aromatic N) is 2. The lowest BCUT2D eigenvalue weighted by Crippen LogP contribution is -2.44. The Balaban J connectivity index is 1.61. The average Bonchev–Trinajstić information content (AvgIpc) is 3.00. The van der Waals surface area contributed by atoms with Gasteiger partial charge in [-0.05, 0) is 31.2 Å². The standard InChI is InChI=1S/C19H32N4OS/c1-15-14-23(10-11-24-15)17(18-9-6-12-25-18)13-21-19(20)22-16-7-4-2-3-5-8-16/h6,9,12,15-17H,2-5,7-8,10-11,13-14H2,1H3,(H3,20,21,22). The van der Waals surface area contributed by atoms with E-state index in [0.29, 0.717) is 24.6 Å². The summed E-state index contributed by atoms with van der Waals surface area (Å²) < 4.78 is 5.70. The third-order valence-electron chi connectivity index (χ3n) is 5.23. The van der Waals surface area contributed by atoms with Gasteiger partial charge in [-0.15, -0.1) is 11.3 Å². The summed E-state index contributed by atoms with van der Waals surface area (Å²) in [5, 5.41) is 5.60. The van der Waals surface area contributed by atoms with Crippen molar-refractivity contribution in [1.29, 1.82) is 0 Å². The molecule has 2 heterocycles. The third-order valence-corrected chi connectivity index (χ3v) is 6.20. The summed E-state index contributed by atoms with van der Waals surface area (Å²) in [5.74, 6) is 0.606. The van der Waals surface area contributed by atoms with Crippen LogP contribution in [0.3, 0.4) is 0 Å². The zero-order valence-electron chi connectivity index (χ0n) is 15.3. The molecular formula is C19H32N4OS. The maximum absolute atomic E-state index is 6.21. The monoisotopic (exact) mass is 364 g/mol. The largest absolute Gasteiger partial charge is 0.376 e. The topological polar surface area (TPSA) is 62.9 Å². The molecule has 1 aliphatic heterocycles. The van der Waals surface area contributed by atoms with E-state index in [1.54, 1.807) is 11.3 Å². The fraction of sp³-hybridized carbons (Fsp3) is 0.737. The second-order valence-corrected chi connectivity index (χ2v) is 8.25. The van der Waals surface area contributed by atoms with Crippen molar-refractivity contribution in [3.8, 4) is 0 Å². The minimum Gasteiger partial charge on any atom is -0.376 e. The van der Waals surface area contributed by atoms with Crippen LogP contribution in [0.1, 0.15) is 56.4 Å². The Hall–Kier alpha value is -1.11. The van der Waals surface area contributed by atoms with Crippen molar-refractivity contribution in [2.75, 3.05) is 26.2 Å². The van der Waals surface area contributed by atoms with Gasteiger partial charge in [-0.1, -0.05) is 31.7 Å². The van der Waals surface area contributed by atoms with Gasteiger partial charge in [-0.2, -0.15) is 0 Å². The van der Waals surface area contributed by atoms with Crippen molar-refractivity contribution in [2.24, 2.45) is 10.7 Å². The molecule has 6 heteroatoms. The van der Waals surface area contributed by atoms with E-state index in [4.69, 9.17) is 15.5 Å². The van der Waals surface area contributed by atoms with Crippen molar-refractivity contribution in [3.63, 3.8) is 0 Å². The highest BCUT2D eigenvalue weighted by atomic mass is 32.1. The van der Waals surface area contributed by atoms with Crippen LogP contribution in [0.2, 0.25) is 0 Å². The predicted molar refractivity (Wildman–Crippen MR) is 105 cm³/mol. The molecule has 2 aliphatic rings. The number of ether oxygens (including phenoxy) is 1. The predicted octanol–water partition coefficient (Wildman–Crippen LogP) is 3.14. The molecule has 3 rings (SSSR count). The number of guanidine groups is 1. The van der Waals surface area contributed by atoms with Gasteiger partial charge in [-0.25, -0.2) is 0 Å². The second kappa shape index (κ2) is 9.55. The molecule has 3 N–H and O–H groups in total. The lowest BCUT2D eigenvalue weighted by atomic mass is 10.1. The molecule has 0 amide bonds. The minimum atomic E-state index is 0.279. The van der Waals surface area contributed by atoms with Crippen molar-refractivity contribution in [3.05, 3.63) is 22.4 Å². The zero-order valence-corrected chi connectivity index (χ0v) is 16.1. The van der Waals surface area contributed by atoms with Crippen LogP contribution in [0, 0.1) is 0 Å². The lowest BCUT2D eigenvalue weighted by molar-refractivity contribution is -0.0327. The van der Waals surface area contributed by atoms with Crippen LogP contribution in [0.5, 0.6) is 0 Å². The first-order valence-electron chi connectivity index (χ1n) is 9.68. The molecular weight excluding hydrogens is 332 g/mol. The summed E-state index contributed by atoms with van der Waals surface area (Å²) in [6.45, 7) is 5.55. The molecule has 1 aliphatic carbocycles. The van der Waals surface area contributed by atoms with Crippen molar-refractivity contribution in [2.45, 2.75) is 63.6 Å². The summed E-state index contributed by atoms with van der Waals surface area (Å²) in [5.41, 5.74) is 6.21. The number of rotatable bonds is 5. The van der Waals surface area contributed by atoms with Crippen LogP contribution in [-0.4, -0.2) is 49.2 Å². The fourth-order valence-corrected chi connectivity index (χ4v) is 4.71. The van der Waals surface area contributed by atoms with Gasteiger partial charge in [0.05, 0.1) is 25.3 Å². The van der Waals surface area contributed by atoms with E-state index in [2.05, 4.69) is 34.7 Å². The number of thiophene rings is 1. The Bertz CT molecular complexity index is 526. The molecule has 1 aromatic rings. The van der Waals surface area contributed by atoms with E-state index in [-0.39, 0.29) is 6.10 Å². The SMILES string of the molecule is CC1CN(C(CN=C(N)NC2CCCCCC2)c2cccs2)CCO1. The number of nitrogens with two attached hydrogens (primary N) is 1. The Kier molecular flexibility index (Phi) is 7.13. The number of hydrogen-bond acceptors (Lipinski definition) is 4. The second-order valence-electron chi connectivity index (χ2n) is 7.27. The molecule has 1 saturated carbocycles. The molecule has 5 nitrogen and oxygen atoms in total. The van der Waals surface area contributed by atoms with Crippen LogP contribution >= 0.6 is 11.3 Å². The Morgan fingerprint density at radius 2 is 2.20 bits per heavy atom. The highest BCUT2D eigenvalue weighted by Gasteiger charge is 2.26. The van der Waals surface area contributed by atoms with Gasteiger partial charge in [0.25, 0.3) is 0 Å². The number of morpholine rings is 1. The Labute approximate surface area is 155 Å². The van der Waals surface area contributed by atoms with Crippen LogP contribution in [-0.2, 0) is 4.74 Å². The summed E-state index contributed by atoms with van der Waals surface area (Å²) in [6, 6.07) is 5.11. The number of nitrogens with one attached hydrogen (secondary N) is 1. The molecule has 2 atom stereocenters. The van der Waals surface area contributed by atoms with E-state index in [1.165, 1.54) is 43.4 Å². The highest BCUT2D eigenvalue weighted by molar-refractivity contribution is 7.10. The molecule has 0 bridgehead atoms. The number of aliphatic imine (C=N–C) groups is 1. The maximum atomic E-state index is 6.21. The molecule has 140 valence electrons. The first-order valence-corrected chi connectivity index (χ1v) is 10.6. The maximum Gasteiger partial charge on any atom is 0.188 e. The molecule has 1 aromatic heterocycles. The molecule has 1 saturated heterocycles. The van der Waals surface area contributed by atoms with Crippen molar-refractivity contribution in [1.82, 2.24) is 10.2 Å². The van der Waals surface area contributed by atoms with Crippen molar-refractivity contribution < 1.29 is 4.74 Å². The van der Waals surface area contributed by atoms with Gasteiger partial charge in [0.15, 0.2) is 5.96 Å². The van der Waals surface area contributed by atoms with Gasteiger partial charge in [-0.3, -0.25) is 9.89 Å². The summed E-state index contributed by atoms with van der Waals surface area (Å²) in [6.07, 6.45) is 8.01. The van der Waals surface area contributed by atoms with Gasteiger partial charge < -0.3 is 15.8 Å². The molecule has 25 heavy (non-hydrogen) atoms. The van der Waals surface area contributed by atoms with E-state index >= 15 is 0 Å². The molecule has 2 fully saturated rings. The summed E-state index contributed by atoms with van der Waals surface area (Å²) >= 11 is 1.80. The molecule has 2 unspecified atom stereocenters. The zero-order chi connectivity index (χ0) is 17.5. The van der Waals surface area contributed by atoms with Crippen LogP contribution in [0.25, 0.3) is 0 Å². The Morgan fingerprint density at radius 1 is 1.40 bits per heavy atom. The molecule has 0 spiro atoms. The fourth-order valence-electron chi connectivity index (χ4n) is 3.86. The lowest BCUT2D eigenvalue weighted by Gasteiger charge is -2.36. The van der Waals surface area contributed by atoms with Gasteiger partial charge in [0.2, 0.25) is 0 Å². The van der Waals surface area contributed by atoms with Crippen LogP contribution in [0.4, 0.5) is 0 Å². The van der Waals surface area contributed by atoms with E-state index < -0.39 is 0 Å². The first kappa shape index (κ1) is 18.7. The van der Waals surface area contributed by atoms with Crippen LogP contribution < -0.4 is 11.1 Å². The van der Waals surface area contributed by atoms with Gasteiger partial charge >= 0.3 is 0 Å². The van der Waals surface area contributed by atoms with E-state index in [0.717, 1.165) is 19.7 Å². The van der Waals surface area contributed by atoms with E-state index in [9.17, 15) is 0 Å². The van der Waals surface area contributed by atoms with Gasteiger partial charge in [0, 0.05) is 24.0 Å². The minimum absolute atomic E-state index is 0.279. The highest BCUT2D eigenvalue weighted by Crippen LogP contribution is 2.27.